The topological polar surface area (TPSA) is 73.8 Å². The first-order chi connectivity index (χ1) is 13.2. The fraction of sp³-hybridized carbons (Fsp3) is 0.650. The van der Waals surface area contributed by atoms with Crippen LogP contribution in [0.1, 0.15) is 33.6 Å². The molecule has 1 aliphatic rings. The normalized spacial score (nSPS) is 16.6. The van der Waals surface area contributed by atoms with Gasteiger partial charge in [-0.15, -0.1) is 11.6 Å². The molecule has 1 aromatic carbocycles. The summed E-state index contributed by atoms with van der Waals surface area (Å²) < 4.78 is 19.0. The summed E-state index contributed by atoms with van der Waals surface area (Å²) in [6.07, 6.45) is 0.791. The zero-order valence-electron chi connectivity index (χ0n) is 16.8. The van der Waals surface area contributed by atoms with Crippen LogP contribution in [0, 0.1) is 11.7 Å². The molecule has 6 nitrogen and oxygen atoms in total. The standard InChI is InChI=1S/C20H31ClFN3O3/c1-20(2,3)28-19(27)25-8-6-14(7-9-25)12-23-17-5-4-15(22)10-18(17)24-13-16(26)11-21/h4-5,10,14,16,23-24,26H,6-9,11-13H2,1-3H3. The molecule has 1 heterocycles. The highest BCUT2D eigenvalue weighted by atomic mass is 35.5. The van der Waals surface area contributed by atoms with Gasteiger partial charge in [-0.3, -0.25) is 0 Å². The number of benzene rings is 1. The van der Waals surface area contributed by atoms with Gasteiger partial charge in [0.25, 0.3) is 0 Å². The summed E-state index contributed by atoms with van der Waals surface area (Å²) in [4.78, 5) is 13.9. The lowest BCUT2D eigenvalue weighted by Crippen LogP contribution is -2.42. The van der Waals surface area contributed by atoms with Crippen LogP contribution in [-0.2, 0) is 4.74 Å². The highest BCUT2D eigenvalue weighted by molar-refractivity contribution is 6.18. The number of nitrogens with one attached hydrogen (secondary N) is 2. The van der Waals surface area contributed by atoms with Crippen LogP contribution in [-0.4, -0.2) is 59.9 Å². The SMILES string of the molecule is CC(C)(C)OC(=O)N1CCC(CNc2ccc(F)cc2NCC(O)CCl)CC1. The Labute approximate surface area is 171 Å². The van der Waals surface area contributed by atoms with E-state index in [0.29, 0.717) is 24.7 Å². The van der Waals surface area contributed by atoms with Crippen LogP contribution in [0.2, 0.25) is 0 Å². The number of piperidine rings is 1. The van der Waals surface area contributed by atoms with E-state index in [0.717, 1.165) is 25.1 Å². The molecule has 0 radical (unpaired) electrons. The van der Waals surface area contributed by atoms with Gasteiger partial charge in [-0.25, -0.2) is 9.18 Å². The molecule has 3 N–H and O–H groups in total. The molecule has 1 aliphatic heterocycles. The lowest BCUT2D eigenvalue weighted by Gasteiger charge is -2.33. The first-order valence-corrected chi connectivity index (χ1v) is 10.2. The molecule has 1 fully saturated rings. The first-order valence-electron chi connectivity index (χ1n) is 9.67. The van der Waals surface area contributed by atoms with Crippen LogP contribution in [0.3, 0.4) is 0 Å². The maximum atomic E-state index is 13.6. The van der Waals surface area contributed by atoms with Crippen molar-refractivity contribution in [3.8, 4) is 0 Å². The Morgan fingerprint density at radius 2 is 2.00 bits per heavy atom. The molecule has 28 heavy (non-hydrogen) atoms. The summed E-state index contributed by atoms with van der Waals surface area (Å²) in [7, 11) is 0. The third-order valence-corrected chi connectivity index (χ3v) is 4.89. The van der Waals surface area contributed by atoms with Crippen molar-refractivity contribution in [1.29, 1.82) is 0 Å². The predicted octanol–water partition coefficient (Wildman–Crippen LogP) is 3.90. The lowest BCUT2D eigenvalue weighted by molar-refractivity contribution is 0.0188. The number of amides is 1. The van der Waals surface area contributed by atoms with E-state index in [-0.39, 0.29) is 24.3 Å². The van der Waals surface area contributed by atoms with E-state index in [9.17, 15) is 14.3 Å². The van der Waals surface area contributed by atoms with Gasteiger partial charge in [0.2, 0.25) is 0 Å². The first kappa shape index (κ1) is 22.6. The Hall–Kier alpha value is -1.73. The van der Waals surface area contributed by atoms with Gasteiger partial charge in [-0.1, -0.05) is 0 Å². The number of hydrogen-bond donors (Lipinski definition) is 3. The molecule has 1 saturated heterocycles. The Bertz CT molecular complexity index is 646. The second-order valence-electron chi connectivity index (χ2n) is 8.17. The van der Waals surface area contributed by atoms with Gasteiger partial charge >= 0.3 is 6.09 Å². The molecular formula is C20H31ClFN3O3. The fourth-order valence-corrected chi connectivity index (χ4v) is 3.11. The zero-order chi connectivity index (χ0) is 20.7. The van der Waals surface area contributed by atoms with Crippen molar-refractivity contribution in [2.45, 2.75) is 45.3 Å². The van der Waals surface area contributed by atoms with Crippen LogP contribution >= 0.6 is 11.6 Å². The summed E-state index contributed by atoms with van der Waals surface area (Å²) >= 11 is 5.60. The summed E-state index contributed by atoms with van der Waals surface area (Å²) in [5.41, 5.74) is 0.881. The second-order valence-corrected chi connectivity index (χ2v) is 8.48. The molecule has 158 valence electrons. The number of likely N-dealkylation sites (tertiary alicyclic amines) is 1. The van der Waals surface area contributed by atoms with E-state index in [2.05, 4.69) is 10.6 Å². The highest BCUT2D eigenvalue weighted by Crippen LogP contribution is 2.25. The number of halogens is 2. The number of carbonyl (C=O) groups is 1. The molecule has 1 atom stereocenters. The van der Waals surface area contributed by atoms with Gasteiger partial charge < -0.3 is 25.4 Å². The van der Waals surface area contributed by atoms with Crippen LogP contribution in [0.15, 0.2) is 18.2 Å². The van der Waals surface area contributed by atoms with Gasteiger partial charge in [-0.2, -0.15) is 0 Å². The van der Waals surface area contributed by atoms with E-state index in [4.69, 9.17) is 16.3 Å². The van der Waals surface area contributed by atoms with E-state index >= 15 is 0 Å². The average Bonchev–Trinajstić information content (AvgIpc) is 2.64. The number of alkyl halides is 1. The van der Waals surface area contributed by atoms with E-state index < -0.39 is 11.7 Å². The fourth-order valence-electron chi connectivity index (χ4n) is 3.00. The number of nitrogens with zero attached hydrogens (tertiary/aromatic N) is 1. The molecule has 0 spiro atoms. The molecule has 0 bridgehead atoms. The summed E-state index contributed by atoms with van der Waals surface area (Å²) in [5.74, 6) is 0.172. The Morgan fingerprint density at radius 1 is 1.32 bits per heavy atom. The molecule has 1 aromatic rings. The minimum atomic E-state index is -0.699. The predicted molar refractivity (Wildman–Crippen MR) is 111 cm³/mol. The molecule has 1 unspecified atom stereocenters. The zero-order valence-corrected chi connectivity index (χ0v) is 17.6. The molecule has 2 rings (SSSR count). The molecule has 0 aromatic heterocycles. The Balaban J connectivity index is 1.84. The Morgan fingerprint density at radius 3 is 2.61 bits per heavy atom. The van der Waals surface area contributed by atoms with Crippen molar-refractivity contribution in [1.82, 2.24) is 4.90 Å². The van der Waals surface area contributed by atoms with E-state index in [1.165, 1.54) is 12.1 Å². The van der Waals surface area contributed by atoms with Crippen molar-refractivity contribution in [3.63, 3.8) is 0 Å². The lowest BCUT2D eigenvalue weighted by atomic mass is 9.97. The summed E-state index contributed by atoms with van der Waals surface area (Å²) in [6, 6.07) is 4.48. The van der Waals surface area contributed by atoms with Gasteiger partial charge in [0.1, 0.15) is 11.4 Å². The number of aliphatic hydroxyl groups is 1. The van der Waals surface area contributed by atoms with Crippen molar-refractivity contribution in [2.24, 2.45) is 5.92 Å². The number of hydrogen-bond acceptors (Lipinski definition) is 5. The van der Waals surface area contributed by atoms with Crippen molar-refractivity contribution in [2.75, 3.05) is 42.7 Å². The smallest absolute Gasteiger partial charge is 0.410 e. The number of anilines is 2. The molecule has 1 amide bonds. The highest BCUT2D eigenvalue weighted by Gasteiger charge is 2.26. The summed E-state index contributed by atoms with van der Waals surface area (Å²) in [6.45, 7) is 7.89. The van der Waals surface area contributed by atoms with E-state index in [1.54, 1.807) is 11.0 Å². The second kappa shape index (κ2) is 10.2. The monoisotopic (exact) mass is 415 g/mol. The van der Waals surface area contributed by atoms with Crippen LogP contribution in [0.25, 0.3) is 0 Å². The maximum Gasteiger partial charge on any atom is 0.410 e. The van der Waals surface area contributed by atoms with Gasteiger partial charge in [0, 0.05) is 26.2 Å². The molecule has 0 aliphatic carbocycles. The third kappa shape index (κ3) is 7.36. The average molecular weight is 416 g/mol. The van der Waals surface area contributed by atoms with Gasteiger partial charge in [0.05, 0.1) is 23.4 Å². The minimum Gasteiger partial charge on any atom is -0.444 e. The number of carbonyl (C=O) groups excluding carboxylic acids is 1. The molecule has 0 saturated carbocycles. The van der Waals surface area contributed by atoms with Crippen LogP contribution in [0.5, 0.6) is 0 Å². The number of ether oxygens (including phenoxy) is 1. The van der Waals surface area contributed by atoms with Crippen molar-refractivity contribution < 1.29 is 19.0 Å². The van der Waals surface area contributed by atoms with Crippen LogP contribution in [0.4, 0.5) is 20.6 Å². The van der Waals surface area contributed by atoms with Crippen molar-refractivity contribution >= 4 is 29.1 Å². The largest absolute Gasteiger partial charge is 0.444 e. The molecular weight excluding hydrogens is 385 g/mol. The summed E-state index contributed by atoms with van der Waals surface area (Å²) in [5, 5.41) is 16.0. The quantitative estimate of drug-likeness (QED) is 0.589. The van der Waals surface area contributed by atoms with Crippen molar-refractivity contribution in [3.05, 3.63) is 24.0 Å². The minimum absolute atomic E-state index is 0.112. The number of aliphatic hydroxyl groups excluding tert-OH is 1. The van der Waals surface area contributed by atoms with Crippen LogP contribution < -0.4 is 10.6 Å². The van der Waals surface area contributed by atoms with Gasteiger partial charge in [-0.05, 0) is 57.7 Å². The van der Waals surface area contributed by atoms with Gasteiger partial charge in [0.15, 0.2) is 0 Å². The maximum absolute atomic E-state index is 13.6. The third-order valence-electron chi connectivity index (χ3n) is 4.54. The number of rotatable bonds is 7. The molecule has 8 heteroatoms. The van der Waals surface area contributed by atoms with E-state index in [1.807, 2.05) is 20.8 Å². The Kier molecular flexibility index (Phi) is 8.19.